The maximum atomic E-state index is 12.7. The Balaban J connectivity index is 1.97. The van der Waals surface area contributed by atoms with Gasteiger partial charge in [0.05, 0.1) is 11.4 Å². The Morgan fingerprint density at radius 1 is 1.21 bits per heavy atom. The van der Waals surface area contributed by atoms with Gasteiger partial charge in [0.2, 0.25) is 0 Å². The Bertz CT molecular complexity index is 1100. The normalized spacial score (nSPS) is 10.9. The van der Waals surface area contributed by atoms with Crippen molar-refractivity contribution in [2.75, 3.05) is 0 Å². The highest BCUT2D eigenvalue weighted by Gasteiger charge is 2.18. The Hall–Kier alpha value is -3.68. The lowest BCUT2D eigenvalue weighted by Gasteiger charge is -2.12. The number of ether oxygens (including phenoxy) is 1. The molecule has 0 radical (unpaired) electrons. The number of aryl methyl sites for hydroxylation is 1. The van der Waals surface area contributed by atoms with E-state index < -0.39 is 12.2 Å². The van der Waals surface area contributed by atoms with Crippen molar-refractivity contribution in [3.8, 4) is 17.5 Å². The zero-order valence-corrected chi connectivity index (χ0v) is 15.7. The third-order valence-electron chi connectivity index (χ3n) is 4.27. The highest BCUT2D eigenvalue weighted by Crippen LogP contribution is 2.18. The van der Waals surface area contributed by atoms with Gasteiger partial charge in [0.25, 0.3) is 5.56 Å². The van der Waals surface area contributed by atoms with Crippen LogP contribution in [0.2, 0.25) is 0 Å². The molecule has 11 heteroatoms. The van der Waals surface area contributed by atoms with Crippen molar-refractivity contribution >= 4 is 0 Å². The van der Waals surface area contributed by atoms with Crippen LogP contribution in [0.3, 0.4) is 0 Å². The van der Waals surface area contributed by atoms with Crippen molar-refractivity contribution in [2.24, 2.45) is 0 Å². The molecule has 3 aromatic rings. The molecule has 0 aliphatic rings. The van der Waals surface area contributed by atoms with Crippen LogP contribution in [0.5, 0.6) is 5.75 Å². The van der Waals surface area contributed by atoms with E-state index in [-0.39, 0.29) is 23.7 Å². The zero-order chi connectivity index (χ0) is 21.0. The number of aromatic nitrogens is 6. The highest BCUT2D eigenvalue weighted by molar-refractivity contribution is 5.39. The third kappa shape index (κ3) is 4.11. The minimum absolute atomic E-state index is 0.00216. The van der Waals surface area contributed by atoms with Crippen molar-refractivity contribution in [2.45, 2.75) is 39.8 Å². The molecule has 0 aliphatic carbocycles. The molecule has 3 rings (SSSR count). The number of alkyl halides is 2. The van der Waals surface area contributed by atoms with E-state index in [0.29, 0.717) is 29.8 Å². The van der Waals surface area contributed by atoms with Crippen LogP contribution in [0.1, 0.15) is 36.5 Å². The zero-order valence-electron chi connectivity index (χ0n) is 15.7. The molecule has 0 fully saturated rings. The smallest absolute Gasteiger partial charge is 0.387 e. The Labute approximate surface area is 164 Å². The highest BCUT2D eigenvalue weighted by atomic mass is 19.3. The second-order valence-corrected chi connectivity index (χ2v) is 5.96. The van der Waals surface area contributed by atoms with Gasteiger partial charge in [-0.2, -0.15) is 23.8 Å². The lowest BCUT2D eigenvalue weighted by atomic mass is 10.0. The number of hydrogen-bond acceptors (Lipinski definition) is 7. The van der Waals surface area contributed by atoms with Gasteiger partial charge in [-0.1, -0.05) is 13.8 Å². The first kappa shape index (κ1) is 20.1. The fourth-order valence-corrected chi connectivity index (χ4v) is 2.95. The van der Waals surface area contributed by atoms with Crippen molar-refractivity contribution < 1.29 is 13.5 Å². The molecule has 0 spiro atoms. The summed E-state index contributed by atoms with van der Waals surface area (Å²) in [6, 6.07) is 7.70. The Morgan fingerprint density at radius 3 is 2.52 bits per heavy atom. The molecular weight excluding hydrogens is 384 g/mol. The molecule has 2 heterocycles. The Morgan fingerprint density at radius 2 is 1.93 bits per heavy atom. The molecule has 0 aliphatic heterocycles. The monoisotopic (exact) mass is 401 g/mol. The molecule has 0 amide bonds. The van der Waals surface area contributed by atoms with E-state index in [1.807, 2.05) is 19.9 Å². The van der Waals surface area contributed by atoms with Crippen molar-refractivity contribution in [3.05, 3.63) is 57.3 Å². The SMILES string of the molecule is CCc1nn(Cc2nnnn2-c2ccc(OC(F)F)cc2)c(=O)c(C#N)c1CC. The number of rotatable bonds is 7. The summed E-state index contributed by atoms with van der Waals surface area (Å²) in [5.74, 6) is 0.287. The van der Waals surface area contributed by atoms with Crippen LogP contribution in [0, 0.1) is 11.3 Å². The van der Waals surface area contributed by atoms with Crippen LogP contribution < -0.4 is 10.3 Å². The van der Waals surface area contributed by atoms with Crippen LogP contribution in [0.4, 0.5) is 8.78 Å². The van der Waals surface area contributed by atoms with E-state index in [0.717, 1.165) is 4.68 Å². The van der Waals surface area contributed by atoms with Gasteiger partial charge in [-0.25, -0.2) is 4.68 Å². The van der Waals surface area contributed by atoms with Gasteiger partial charge < -0.3 is 4.74 Å². The molecule has 1 aromatic carbocycles. The van der Waals surface area contributed by atoms with Crippen LogP contribution in [0.15, 0.2) is 29.1 Å². The van der Waals surface area contributed by atoms with Gasteiger partial charge in [-0.05, 0) is 53.1 Å². The number of nitriles is 1. The van der Waals surface area contributed by atoms with Crippen LogP contribution in [-0.2, 0) is 19.4 Å². The molecule has 2 aromatic heterocycles. The number of hydrogen-bond donors (Lipinski definition) is 0. The lowest BCUT2D eigenvalue weighted by molar-refractivity contribution is -0.0498. The standard InChI is InChI=1S/C18H17F2N7O2/c1-3-13-14(9-21)17(28)26(23-15(13)4-2)10-16-22-24-25-27(16)11-5-7-12(8-6-11)29-18(19)20/h5-8,18H,3-4,10H2,1-2H3. The summed E-state index contributed by atoms with van der Waals surface area (Å²) >= 11 is 0. The first-order valence-electron chi connectivity index (χ1n) is 8.83. The summed E-state index contributed by atoms with van der Waals surface area (Å²) in [6.45, 7) is 0.774. The third-order valence-corrected chi connectivity index (χ3v) is 4.27. The molecule has 0 unspecified atom stereocenters. The first-order valence-corrected chi connectivity index (χ1v) is 8.83. The lowest BCUT2D eigenvalue weighted by Crippen LogP contribution is -2.30. The van der Waals surface area contributed by atoms with Crippen LogP contribution in [-0.4, -0.2) is 36.6 Å². The molecule has 0 saturated carbocycles. The largest absolute Gasteiger partial charge is 0.435 e. The van der Waals surface area contributed by atoms with Crippen LogP contribution >= 0.6 is 0 Å². The summed E-state index contributed by atoms with van der Waals surface area (Å²) in [7, 11) is 0. The number of tetrazole rings is 1. The molecule has 0 bridgehead atoms. The van der Waals surface area contributed by atoms with Gasteiger partial charge in [0.15, 0.2) is 5.82 Å². The van der Waals surface area contributed by atoms with E-state index in [4.69, 9.17) is 0 Å². The van der Waals surface area contributed by atoms with Gasteiger partial charge in [0.1, 0.15) is 23.9 Å². The molecule has 150 valence electrons. The fraction of sp³-hybridized carbons (Fsp3) is 0.333. The molecule has 29 heavy (non-hydrogen) atoms. The summed E-state index contributed by atoms with van der Waals surface area (Å²) in [4.78, 5) is 12.7. The second kappa shape index (κ2) is 8.55. The van der Waals surface area contributed by atoms with E-state index in [1.54, 1.807) is 0 Å². The summed E-state index contributed by atoms with van der Waals surface area (Å²) in [6.07, 6.45) is 1.09. The van der Waals surface area contributed by atoms with Gasteiger partial charge in [-0.15, -0.1) is 5.10 Å². The van der Waals surface area contributed by atoms with Crippen LogP contribution in [0.25, 0.3) is 5.69 Å². The molecule has 0 N–H and O–H groups in total. The Kier molecular flexibility index (Phi) is 5.92. The predicted molar refractivity (Wildman–Crippen MR) is 96.9 cm³/mol. The van der Waals surface area contributed by atoms with Gasteiger partial charge >= 0.3 is 6.61 Å². The quantitative estimate of drug-likeness (QED) is 0.594. The maximum absolute atomic E-state index is 12.7. The van der Waals surface area contributed by atoms with E-state index >= 15 is 0 Å². The van der Waals surface area contributed by atoms with E-state index in [9.17, 15) is 18.8 Å². The molecule has 0 atom stereocenters. The van der Waals surface area contributed by atoms with E-state index in [2.05, 4.69) is 25.4 Å². The van der Waals surface area contributed by atoms with Gasteiger partial charge in [0, 0.05) is 0 Å². The number of halogens is 2. The van der Waals surface area contributed by atoms with Crippen molar-refractivity contribution in [1.82, 2.24) is 30.0 Å². The van der Waals surface area contributed by atoms with Gasteiger partial charge in [-0.3, -0.25) is 4.79 Å². The topological polar surface area (TPSA) is 112 Å². The minimum atomic E-state index is -2.92. The predicted octanol–water partition coefficient (Wildman–Crippen LogP) is 1.87. The number of nitrogens with zero attached hydrogens (tertiary/aromatic N) is 7. The van der Waals surface area contributed by atoms with Crippen molar-refractivity contribution in [3.63, 3.8) is 0 Å². The minimum Gasteiger partial charge on any atom is -0.435 e. The molecule has 9 nitrogen and oxygen atoms in total. The molecular formula is C18H17F2N7O2. The second-order valence-electron chi connectivity index (χ2n) is 5.96. The van der Waals surface area contributed by atoms with E-state index in [1.165, 1.54) is 28.9 Å². The maximum Gasteiger partial charge on any atom is 0.387 e. The summed E-state index contributed by atoms with van der Waals surface area (Å²) in [5, 5.41) is 25.2. The number of benzene rings is 1. The summed E-state index contributed by atoms with van der Waals surface area (Å²) < 4.78 is 31.4. The average Bonchev–Trinajstić information content (AvgIpc) is 3.17. The van der Waals surface area contributed by atoms with Crippen molar-refractivity contribution in [1.29, 1.82) is 5.26 Å². The molecule has 0 saturated heterocycles. The first-order chi connectivity index (χ1) is 14.0. The average molecular weight is 401 g/mol. The fourth-order valence-electron chi connectivity index (χ4n) is 2.95. The summed E-state index contributed by atoms with van der Waals surface area (Å²) in [5.41, 5.74) is 1.34.